The van der Waals surface area contributed by atoms with Crippen LogP contribution in [0.5, 0.6) is 0 Å². The number of rotatable bonds is 8. The molecule has 1 aliphatic heterocycles. The van der Waals surface area contributed by atoms with Crippen LogP contribution in [0.3, 0.4) is 0 Å². The SMILES string of the molecule is C.O=c1ccn([C@@H]2O[C@H](COP(=O)(O)OP(=O)(O)OP(=O)(O)O)C[C@H]2O)c(=O)[nH]1.[H-].[Na+]. The predicted molar refractivity (Wildman–Crippen MR) is 93.5 cm³/mol. The van der Waals surface area contributed by atoms with E-state index in [-0.39, 0.29) is 44.8 Å². The first-order valence-corrected chi connectivity index (χ1v) is 11.6. The topological polar surface area (TPSA) is 244 Å². The Hall–Kier alpha value is 0.01000. The van der Waals surface area contributed by atoms with Gasteiger partial charge in [-0.3, -0.25) is 18.9 Å². The Bertz CT molecular complexity index is 980. The summed E-state index contributed by atoms with van der Waals surface area (Å²) in [5, 5.41) is 9.96. The van der Waals surface area contributed by atoms with E-state index in [2.05, 4.69) is 13.1 Å². The molecular formula is C10H20N2NaO14P3. The van der Waals surface area contributed by atoms with Crippen molar-refractivity contribution in [1.82, 2.24) is 9.55 Å². The largest absolute Gasteiger partial charge is 1.00 e. The summed E-state index contributed by atoms with van der Waals surface area (Å²) in [4.78, 5) is 59.9. The number of aromatic nitrogens is 2. The molecule has 2 unspecified atom stereocenters. The first-order valence-electron chi connectivity index (χ1n) is 7.11. The standard InChI is InChI=1S/C9H15N2O14P3.CH4.Na.H/c12-6-3-5(23-8(6)11-2-1-7(13)10-9(11)14)4-22-27(18,19)25-28(20,21)24-26(15,16)17;;;/h1-2,5-6,8,12H,3-4H2,(H,18,19)(H,20,21)(H,10,13,14)(H2,15,16,17);1H4;;/q;;+1;-1/t5-,6+,8+;;;/m0.../s1. The number of hydrogen-bond acceptors (Lipinski definition) is 10. The molecule has 0 aromatic carbocycles. The number of aliphatic hydroxyl groups is 1. The van der Waals surface area contributed by atoms with Crippen LogP contribution in [0.2, 0.25) is 0 Å². The molecule has 0 saturated carbocycles. The van der Waals surface area contributed by atoms with Gasteiger partial charge in [0.25, 0.3) is 5.56 Å². The minimum atomic E-state index is -5.65. The van der Waals surface area contributed by atoms with E-state index < -0.39 is 59.8 Å². The van der Waals surface area contributed by atoms with E-state index >= 15 is 0 Å². The molecule has 1 aromatic heterocycles. The van der Waals surface area contributed by atoms with Gasteiger partial charge in [-0.05, 0) is 0 Å². The summed E-state index contributed by atoms with van der Waals surface area (Å²) in [7, 11) is -16.5. The van der Waals surface area contributed by atoms with Gasteiger partial charge in [-0.1, -0.05) is 7.43 Å². The Balaban J connectivity index is 0. The zero-order valence-corrected chi connectivity index (χ0v) is 19.2. The van der Waals surface area contributed by atoms with Gasteiger partial charge in [0.1, 0.15) is 6.10 Å². The second-order valence-electron chi connectivity index (χ2n) is 5.36. The fourth-order valence-corrected chi connectivity index (χ4v) is 5.24. The zero-order chi connectivity index (χ0) is 21.3. The van der Waals surface area contributed by atoms with Crippen LogP contribution in [0.25, 0.3) is 0 Å². The van der Waals surface area contributed by atoms with Gasteiger partial charge in [0.15, 0.2) is 6.23 Å². The maximum Gasteiger partial charge on any atom is 1.00 e. The average molecular weight is 508 g/mol. The fourth-order valence-electron chi connectivity index (χ4n) is 2.20. The van der Waals surface area contributed by atoms with Gasteiger partial charge in [0.2, 0.25) is 0 Å². The molecule has 0 spiro atoms. The normalized spacial score (nSPS) is 25.4. The van der Waals surface area contributed by atoms with Crippen LogP contribution in [0, 0.1) is 0 Å². The van der Waals surface area contributed by atoms with E-state index in [1.54, 1.807) is 0 Å². The van der Waals surface area contributed by atoms with Crippen molar-refractivity contribution in [2.75, 3.05) is 6.61 Å². The molecule has 20 heteroatoms. The number of hydrogen-bond donors (Lipinski definition) is 6. The van der Waals surface area contributed by atoms with Crippen molar-refractivity contribution < 1.29 is 87.2 Å². The Morgan fingerprint density at radius 3 is 2.30 bits per heavy atom. The first kappa shape index (κ1) is 30.0. The Morgan fingerprint density at radius 1 is 1.17 bits per heavy atom. The first-order chi connectivity index (χ1) is 12.7. The van der Waals surface area contributed by atoms with Crippen LogP contribution in [0.1, 0.15) is 21.5 Å². The van der Waals surface area contributed by atoms with Gasteiger partial charge in [-0.15, -0.1) is 0 Å². The second-order valence-corrected chi connectivity index (χ2v) is 9.78. The minimum absolute atomic E-state index is 0. The van der Waals surface area contributed by atoms with Gasteiger partial charge < -0.3 is 30.8 Å². The number of aliphatic hydroxyl groups excluding tert-OH is 1. The molecule has 0 bridgehead atoms. The number of H-pyrrole nitrogens is 1. The number of nitrogens with one attached hydrogen (secondary N) is 1. The molecular weight excluding hydrogens is 488 g/mol. The molecule has 170 valence electrons. The molecule has 0 amide bonds. The molecule has 1 fully saturated rings. The molecule has 1 aliphatic rings. The Morgan fingerprint density at radius 2 is 1.77 bits per heavy atom. The monoisotopic (exact) mass is 508 g/mol. The van der Waals surface area contributed by atoms with E-state index in [0.29, 0.717) is 0 Å². The van der Waals surface area contributed by atoms with E-state index in [1.807, 2.05) is 4.98 Å². The van der Waals surface area contributed by atoms with Gasteiger partial charge in [-0.2, -0.15) is 8.62 Å². The van der Waals surface area contributed by atoms with Gasteiger partial charge in [-0.25, -0.2) is 18.5 Å². The van der Waals surface area contributed by atoms with E-state index in [4.69, 9.17) is 19.4 Å². The van der Waals surface area contributed by atoms with E-state index in [9.17, 15) is 33.3 Å². The number of phosphoric ester groups is 1. The van der Waals surface area contributed by atoms with Gasteiger partial charge in [0.05, 0.1) is 12.7 Å². The summed E-state index contributed by atoms with van der Waals surface area (Å²) in [5.41, 5.74) is -1.57. The Labute approximate surface area is 192 Å². The quantitative estimate of drug-likeness (QED) is 0.146. The molecule has 5 atom stereocenters. The van der Waals surface area contributed by atoms with Crippen molar-refractivity contribution in [2.24, 2.45) is 0 Å². The molecule has 1 saturated heterocycles. The number of ether oxygens (including phenoxy) is 1. The van der Waals surface area contributed by atoms with Crippen molar-refractivity contribution in [3.8, 4) is 0 Å². The van der Waals surface area contributed by atoms with Gasteiger partial charge >= 0.3 is 58.7 Å². The smallest absolute Gasteiger partial charge is 1.00 e. The van der Waals surface area contributed by atoms with Crippen molar-refractivity contribution in [1.29, 1.82) is 0 Å². The maximum absolute atomic E-state index is 11.7. The third-order valence-electron chi connectivity index (χ3n) is 3.13. The molecule has 2 heterocycles. The molecule has 1 aromatic rings. The Kier molecular flexibility index (Phi) is 11.2. The molecule has 16 nitrogen and oxygen atoms in total. The van der Waals surface area contributed by atoms with Crippen LogP contribution in [-0.4, -0.2) is 53.0 Å². The number of aromatic amines is 1. The van der Waals surface area contributed by atoms with Crippen LogP contribution in [0.4, 0.5) is 0 Å². The molecule has 30 heavy (non-hydrogen) atoms. The van der Waals surface area contributed by atoms with Crippen molar-refractivity contribution in [3.63, 3.8) is 0 Å². The van der Waals surface area contributed by atoms with Crippen LogP contribution in [-0.2, 0) is 31.6 Å². The summed E-state index contributed by atoms with van der Waals surface area (Å²) in [5.74, 6) is 0. The third-order valence-corrected chi connectivity index (χ3v) is 6.93. The minimum Gasteiger partial charge on any atom is -1.00 e. The third kappa shape index (κ3) is 9.25. The van der Waals surface area contributed by atoms with Crippen LogP contribution >= 0.6 is 23.5 Å². The number of nitrogens with zero attached hydrogens (tertiary/aromatic N) is 1. The van der Waals surface area contributed by atoms with Crippen molar-refractivity contribution in [2.45, 2.75) is 32.3 Å². The van der Waals surface area contributed by atoms with Crippen LogP contribution < -0.4 is 40.8 Å². The van der Waals surface area contributed by atoms with Crippen molar-refractivity contribution in [3.05, 3.63) is 33.1 Å². The van der Waals surface area contributed by atoms with E-state index in [1.165, 1.54) is 0 Å². The van der Waals surface area contributed by atoms with Gasteiger partial charge in [0, 0.05) is 18.7 Å². The fraction of sp³-hybridized carbons (Fsp3) is 0.600. The molecule has 0 radical (unpaired) electrons. The van der Waals surface area contributed by atoms with Crippen LogP contribution in [0.15, 0.2) is 21.9 Å². The van der Waals surface area contributed by atoms with Crippen molar-refractivity contribution >= 4 is 23.5 Å². The van der Waals surface area contributed by atoms with E-state index in [0.717, 1.165) is 16.8 Å². The predicted octanol–water partition coefficient (Wildman–Crippen LogP) is -3.72. The number of phosphoric acid groups is 3. The summed E-state index contributed by atoms with van der Waals surface area (Å²) < 4.78 is 51.0. The summed E-state index contributed by atoms with van der Waals surface area (Å²) in [6.45, 7) is -0.782. The average Bonchev–Trinajstić information content (AvgIpc) is 2.82. The molecule has 0 aliphatic carbocycles. The zero-order valence-electron chi connectivity index (χ0n) is 15.5. The second kappa shape index (κ2) is 11.2. The molecule has 6 N–H and O–H groups in total. The summed E-state index contributed by atoms with van der Waals surface area (Å²) >= 11 is 0. The maximum atomic E-state index is 11.7. The molecule has 2 rings (SSSR count). The summed E-state index contributed by atoms with van der Waals surface area (Å²) in [6, 6.07) is 0.997. The summed E-state index contributed by atoms with van der Waals surface area (Å²) in [6.07, 6.45) is -2.79.